The molecular formula is C20H26N4O2. The van der Waals surface area contributed by atoms with Crippen molar-refractivity contribution in [2.75, 3.05) is 39.2 Å². The number of likely N-dealkylation sites (N-methyl/N-ethyl adjacent to an activating group) is 1. The van der Waals surface area contributed by atoms with Gasteiger partial charge in [0.25, 0.3) is 0 Å². The summed E-state index contributed by atoms with van der Waals surface area (Å²) in [6.45, 7) is 5.82. The van der Waals surface area contributed by atoms with Gasteiger partial charge < -0.3 is 14.8 Å². The van der Waals surface area contributed by atoms with Crippen molar-refractivity contribution in [3.05, 3.63) is 48.2 Å². The molecular weight excluding hydrogens is 328 g/mol. The van der Waals surface area contributed by atoms with Gasteiger partial charge in [-0.25, -0.2) is 0 Å². The smallest absolute Gasteiger partial charge is 0.122 e. The number of aromatic amines is 1. The molecule has 0 aliphatic heterocycles. The molecule has 0 fully saturated rings. The summed E-state index contributed by atoms with van der Waals surface area (Å²) in [5.41, 5.74) is 3.35. The maximum atomic E-state index is 5.36. The van der Waals surface area contributed by atoms with Crippen molar-refractivity contribution in [3.8, 4) is 11.5 Å². The minimum absolute atomic E-state index is 0.821. The van der Waals surface area contributed by atoms with Gasteiger partial charge >= 0.3 is 0 Å². The Morgan fingerprint density at radius 1 is 1.08 bits per heavy atom. The first-order valence-electron chi connectivity index (χ1n) is 8.83. The number of benzene rings is 2. The number of anilines is 1. The van der Waals surface area contributed by atoms with Gasteiger partial charge in [-0.15, -0.1) is 0 Å². The molecule has 0 spiro atoms. The van der Waals surface area contributed by atoms with E-state index in [-0.39, 0.29) is 0 Å². The van der Waals surface area contributed by atoms with Crippen molar-refractivity contribution >= 4 is 16.6 Å². The Morgan fingerprint density at radius 3 is 2.54 bits per heavy atom. The highest BCUT2D eigenvalue weighted by Gasteiger charge is 2.07. The molecule has 6 nitrogen and oxygen atoms in total. The van der Waals surface area contributed by atoms with E-state index in [1.54, 1.807) is 14.2 Å². The number of hydrogen-bond acceptors (Lipinski definition) is 5. The van der Waals surface area contributed by atoms with Crippen LogP contribution in [0.5, 0.6) is 11.5 Å². The molecule has 0 unspecified atom stereocenters. The Hall–Kier alpha value is -2.73. The lowest BCUT2D eigenvalue weighted by molar-refractivity contribution is 0.290. The van der Waals surface area contributed by atoms with Crippen LogP contribution in [-0.2, 0) is 6.54 Å². The number of nitrogens with one attached hydrogen (secondary N) is 2. The van der Waals surface area contributed by atoms with E-state index in [0.29, 0.717) is 0 Å². The second kappa shape index (κ2) is 8.58. The van der Waals surface area contributed by atoms with E-state index < -0.39 is 0 Å². The Balaban J connectivity index is 1.57. The van der Waals surface area contributed by atoms with Crippen LogP contribution >= 0.6 is 0 Å². The lowest BCUT2D eigenvalue weighted by atomic mass is 10.2. The van der Waals surface area contributed by atoms with Gasteiger partial charge in [0.05, 0.1) is 25.9 Å². The van der Waals surface area contributed by atoms with Crippen LogP contribution < -0.4 is 14.8 Å². The minimum Gasteiger partial charge on any atom is -0.497 e. The molecule has 0 aliphatic carbocycles. The monoisotopic (exact) mass is 354 g/mol. The fourth-order valence-corrected chi connectivity index (χ4v) is 2.98. The van der Waals surface area contributed by atoms with Gasteiger partial charge in [0.1, 0.15) is 11.5 Å². The summed E-state index contributed by atoms with van der Waals surface area (Å²) < 4.78 is 10.7. The van der Waals surface area contributed by atoms with E-state index in [4.69, 9.17) is 9.47 Å². The van der Waals surface area contributed by atoms with E-state index in [9.17, 15) is 0 Å². The molecule has 3 rings (SSSR count). The van der Waals surface area contributed by atoms with Crippen LogP contribution in [0.25, 0.3) is 10.9 Å². The Labute approximate surface area is 154 Å². The first-order valence-corrected chi connectivity index (χ1v) is 8.83. The minimum atomic E-state index is 0.821. The van der Waals surface area contributed by atoms with E-state index in [1.165, 1.54) is 5.56 Å². The average Bonchev–Trinajstić information content (AvgIpc) is 3.14. The third-order valence-corrected chi connectivity index (χ3v) is 4.46. The molecule has 0 aliphatic rings. The highest BCUT2D eigenvalue weighted by Crippen LogP contribution is 2.23. The van der Waals surface area contributed by atoms with Gasteiger partial charge in [0.15, 0.2) is 0 Å². The molecule has 1 heterocycles. The molecule has 2 N–H and O–H groups in total. The molecule has 0 radical (unpaired) electrons. The van der Waals surface area contributed by atoms with E-state index in [1.807, 2.05) is 18.3 Å². The quantitative estimate of drug-likeness (QED) is 0.616. The molecule has 3 aromatic rings. The van der Waals surface area contributed by atoms with Crippen LogP contribution in [-0.4, -0.2) is 49.0 Å². The summed E-state index contributed by atoms with van der Waals surface area (Å²) in [6, 6.07) is 12.3. The lowest BCUT2D eigenvalue weighted by Crippen LogP contribution is -2.28. The van der Waals surface area contributed by atoms with Crippen LogP contribution in [0.1, 0.15) is 12.5 Å². The molecule has 0 saturated heterocycles. The largest absolute Gasteiger partial charge is 0.497 e. The SMILES string of the molecule is CCN(CCNc1ccc2[nH]ncc2c1)Cc1cc(OC)cc(OC)c1. The van der Waals surface area contributed by atoms with E-state index >= 15 is 0 Å². The van der Waals surface area contributed by atoms with Crippen LogP contribution in [0, 0.1) is 0 Å². The number of fused-ring (bicyclic) bond motifs is 1. The van der Waals surface area contributed by atoms with Crippen molar-refractivity contribution in [2.24, 2.45) is 0 Å². The Kier molecular flexibility index (Phi) is 5.96. The highest BCUT2D eigenvalue weighted by molar-refractivity contribution is 5.81. The zero-order valence-electron chi connectivity index (χ0n) is 15.6. The van der Waals surface area contributed by atoms with Crippen molar-refractivity contribution in [1.82, 2.24) is 15.1 Å². The number of ether oxygens (including phenoxy) is 2. The zero-order chi connectivity index (χ0) is 18.4. The topological polar surface area (TPSA) is 62.4 Å². The number of hydrogen-bond donors (Lipinski definition) is 2. The van der Waals surface area contributed by atoms with Crippen molar-refractivity contribution < 1.29 is 9.47 Å². The van der Waals surface area contributed by atoms with Crippen molar-refractivity contribution in [3.63, 3.8) is 0 Å². The maximum Gasteiger partial charge on any atom is 0.122 e. The van der Waals surface area contributed by atoms with E-state index in [2.05, 4.69) is 51.6 Å². The van der Waals surface area contributed by atoms with Gasteiger partial charge in [-0.2, -0.15) is 5.10 Å². The summed E-state index contributed by atoms with van der Waals surface area (Å²) in [5, 5.41) is 11.6. The van der Waals surface area contributed by atoms with Gasteiger partial charge in [-0.3, -0.25) is 10.00 Å². The fraction of sp³-hybridized carbons (Fsp3) is 0.350. The summed E-state index contributed by atoms with van der Waals surface area (Å²) in [5.74, 6) is 1.64. The fourth-order valence-electron chi connectivity index (χ4n) is 2.98. The maximum absolute atomic E-state index is 5.36. The molecule has 0 bridgehead atoms. The summed E-state index contributed by atoms with van der Waals surface area (Å²) in [7, 11) is 3.35. The summed E-state index contributed by atoms with van der Waals surface area (Å²) >= 11 is 0. The number of rotatable bonds is 9. The molecule has 2 aromatic carbocycles. The Bertz CT molecular complexity index is 824. The second-order valence-electron chi connectivity index (χ2n) is 6.19. The number of H-pyrrole nitrogens is 1. The van der Waals surface area contributed by atoms with Gasteiger partial charge in [0.2, 0.25) is 0 Å². The highest BCUT2D eigenvalue weighted by atomic mass is 16.5. The molecule has 0 saturated carbocycles. The van der Waals surface area contributed by atoms with Crippen molar-refractivity contribution in [1.29, 1.82) is 0 Å². The van der Waals surface area contributed by atoms with Crippen molar-refractivity contribution in [2.45, 2.75) is 13.5 Å². The van der Waals surface area contributed by atoms with Crippen LogP contribution in [0.4, 0.5) is 5.69 Å². The first-order chi connectivity index (χ1) is 12.7. The van der Waals surface area contributed by atoms with Crippen LogP contribution in [0.15, 0.2) is 42.6 Å². The zero-order valence-corrected chi connectivity index (χ0v) is 15.6. The summed E-state index contributed by atoms with van der Waals surface area (Å²) in [4.78, 5) is 2.39. The third-order valence-electron chi connectivity index (χ3n) is 4.46. The molecule has 6 heteroatoms. The number of methoxy groups -OCH3 is 2. The molecule has 0 amide bonds. The standard InChI is InChI=1S/C20H26N4O2/c1-4-24(14-15-9-18(25-2)12-19(10-15)26-3)8-7-21-17-5-6-20-16(11-17)13-22-23-20/h5-6,9-13,21H,4,7-8,14H2,1-3H3,(H,22,23). The normalized spacial score (nSPS) is 11.1. The number of aromatic nitrogens is 2. The van der Waals surface area contributed by atoms with Gasteiger partial charge in [-0.05, 0) is 42.4 Å². The predicted octanol–water partition coefficient (Wildman–Crippen LogP) is 3.51. The second-order valence-corrected chi connectivity index (χ2v) is 6.19. The van der Waals surface area contributed by atoms with Crippen LogP contribution in [0.3, 0.4) is 0 Å². The summed E-state index contributed by atoms with van der Waals surface area (Å²) in [6.07, 6.45) is 1.84. The first kappa shape index (κ1) is 18.1. The van der Waals surface area contributed by atoms with Gasteiger partial charge in [0, 0.05) is 36.8 Å². The van der Waals surface area contributed by atoms with Crippen LogP contribution in [0.2, 0.25) is 0 Å². The average molecular weight is 354 g/mol. The Morgan fingerprint density at radius 2 is 1.85 bits per heavy atom. The molecule has 1 aromatic heterocycles. The molecule has 26 heavy (non-hydrogen) atoms. The molecule has 138 valence electrons. The lowest BCUT2D eigenvalue weighted by Gasteiger charge is -2.21. The third kappa shape index (κ3) is 4.46. The van der Waals surface area contributed by atoms with E-state index in [0.717, 1.165) is 54.3 Å². The number of nitrogens with zero attached hydrogens (tertiary/aromatic N) is 2. The molecule has 0 atom stereocenters. The predicted molar refractivity (Wildman–Crippen MR) is 105 cm³/mol. The van der Waals surface area contributed by atoms with Gasteiger partial charge in [-0.1, -0.05) is 6.92 Å².